The second kappa shape index (κ2) is 3.88. The molecule has 0 spiro atoms. The van der Waals surface area contributed by atoms with Gasteiger partial charge in [-0.1, -0.05) is 23.7 Å². The third kappa shape index (κ3) is 1.60. The fourth-order valence-electron chi connectivity index (χ4n) is 1.81. The molecule has 3 rings (SSSR count). The first kappa shape index (κ1) is 9.81. The highest BCUT2D eigenvalue weighted by molar-refractivity contribution is 6.30. The molecule has 4 nitrogen and oxygen atoms in total. The van der Waals surface area contributed by atoms with E-state index in [1.165, 1.54) is 0 Å². The van der Waals surface area contributed by atoms with Crippen molar-refractivity contribution in [3.63, 3.8) is 0 Å². The average Bonchev–Trinajstić information content (AvgIpc) is 2.64. The van der Waals surface area contributed by atoms with Crippen LogP contribution >= 0.6 is 11.6 Å². The standard InChI is InChI=1S/C11H11ClN4/c12-9-3-1-2-8(4-9)11-15-14-7-16(11)10-5-13-6-10/h1-4,7,10,13H,5-6H2. The van der Waals surface area contributed by atoms with Crippen LogP contribution < -0.4 is 5.32 Å². The number of nitrogens with one attached hydrogen (secondary N) is 1. The Bertz CT molecular complexity index is 504. The highest BCUT2D eigenvalue weighted by Crippen LogP contribution is 2.24. The van der Waals surface area contributed by atoms with Gasteiger partial charge >= 0.3 is 0 Å². The second-order valence-electron chi connectivity index (χ2n) is 3.88. The molecule has 1 aliphatic heterocycles. The van der Waals surface area contributed by atoms with Crippen molar-refractivity contribution in [3.8, 4) is 11.4 Å². The largest absolute Gasteiger partial charge is 0.313 e. The first-order valence-corrected chi connectivity index (χ1v) is 5.58. The maximum absolute atomic E-state index is 5.97. The van der Waals surface area contributed by atoms with Gasteiger partial charge in [0.05, 0.1) is 6.04 Å². The second-order valence-corrected chi connectivity index (χ2v) is 4.32. The maximum Gasteiger partial charge on any atom is 0.164 e. The monoisotopic (exact) mass is 234 g/mol. The van der Waals surface area contributed by atoms with E-state index >= 15 is 0 Å². The van der Waals surface area contributed by atoms with Gasteiger partial charge in [0.2, 0.25) is 0 Å². The Morgan fingerprint density at radius 1 is 1.38 bits per heavy atom. The van der Waals surface area contributed by atoms with Gasteiger partial charge in [0.15, 0.2) is 5.82 Å². The normalized spacial score (nSPS) is 16.1. The predicted molar refractivity (Wildman–Crippen MR) is 62.4 cm³/mol. The molecular weight excluding hydrogens is 224 g/mol. The van der Waals surface area contributed by atoms with Crippen LogP contribution in [0.4, 0.5) is 0 Å². The summed E-state index contributed by atoms with van der Waals surface area (Å²) in [6.45, 7) is 1.96. The molecule has 1 aromatic carbocycles. The SMILES string of the molecule is Clc1cccc(-c2nncn2C2CNC2)c1. The lowest BCUT2D eigenvalue weighted by Crippen LogP contribution is -2.43. The maximum atomic E-state index is 5.97. The zero-order valence-corrected chi connectivity index (χ0v) is 9.35. The van der Waals surface area contributed by atoms with Crippen molar-refractivity contribution < 1.29 is 0 Å². The van der Waals surface area contributed by atoms with Gasteiger partial charge in [-0.25, -0.2) is 0 Å². The topological polar surface area (TPSA) is 42.7 Å². The Balaban J connectivity index is 2.02. The van der Waals surface area contributed by atoms with Gasteiger partial charge in [0.1, 0.15) is 6.33 Å². The van der Waals surface area contributed by atoms with E-state index in [1.807, 2.05) is 24.3 Å². The minimum Gasteiger partial charge on any atom is -0.313 e. The summed E-state index contributed by atoms with van der Waals surface area (Å²) >= 11 is 5.97. The minimum absolute atomic E-state index is 0.462. The number of aromatic nitrogens is 3. The average molecular weight is 235 g/mol. The fraction of sp³-hybridized carbons (Fsp3) is 0.273. The molecule has 1 fully saturated rings. The molecule has 0 aliphatic carbocycles. The minimum atomic E-state index is 0.462. The molecule has 1 aromatic heterocycles. The Morgan fingerprint density at radius 2 is 2.25 bits per heavy atom. The van der Waals surface area contributed by atoms with E-state index < -0.39 is 0 Å². The van der Waals surface area contributed by atoms with Gasteiger partial charge in [-0.15, -0.1) is 10.2 Å². The van der Waals surface area contributed by atoms with Crippen LogP contribution in [0, 0.1) is 0 Å². The molecule has 1 N–H and O–H groups in total. The van der Waals surface area contributed by atoms with Gasteiger partial charge in [-0.2, -0.15) is 0 Å². The number of benzene rings is 1. The molecule has 1 aliphatic rings. The summed E-state index contributed by atoms with van der Waals surface area (Å²) in [5, 5.41) is 12.1. The Hall–Kier alpha value is -1.39. The molecule has 0 bridgehead atoms. The molecule has 0 atom stereocenters. The molecule has 82 valence electrons. The van der Waals surface area contributed by atoms with Crippen molar-refractivity contribution in [1.29, 1.82) is 0 Å². The van der Waals surface area contributed by atoms with Crippen LogP contribution in [0.5, 0.6) is 0 Å². The molecule has 16 heavy (non-hydrogen) atoms. The van der Waals surface area contributed by atoms with Crippen LogP contribution in [0.1, 0.15) is 6.04 Å². The molecule has 1 saturated heterocycles. The van der Waals surface area contributed by atoms with E-state index in [0.29, 0.717) is 6.04 Å². The third-order valence-electron chi connectivity index (χ3n) is 2.81. The lowest BCUT2D eigenvalue weighted by molar-refractivity contribution is 0.345. The number of rotatable bonds is 2. The first-order chi connectivity index (χ1) is 7.84. The van der Waals surface area contributed by atoms with E-state index in [0.717, 1.165) is 29.5 Å². The first-order valence-electron chi connectivity index (χ1n) is 5.21. The number of halogens is 1. The van der Waals surface area contributed by atoms with Gasteiger partial charge in [0.25, 0.3) is 0 Å². The van der Waals surface area contributed by atoms with Gasteiger partial charge in [-0.05, 0) is 12.1 Å². The summed E-state index contributed by atoms with van der Waals surface area (Å²) in [6.07, 6.45) is 1.78. The lowest BCUT2D eigenvalue weighted by Gasteiger charge is -2.29. The van der Waals surface area contributed by atoms with Crippen LogP contribution in [0.15, 0.2) is 30.6 Å². The summed E-state index contributed by atoms with van der Waals surface area (Å²) in [6, 6.07) is 8.16. The molecular formula is C11H11ClN4. The van der Waals surface area contributed by atoms with E-state index in [2.05, 4.69) is 20.1 Å². The Labute approximate surface area is 98.3 Å². The summed E-state index contributed by atoms with van der Waals surface area (Å²) in [4.78, 5) is 0. The van der Waals surface area contributed by atoms with Crippen molar-refractivity contribution in [3.05, 3.63) is 35.6 Å². The van der Waals surface area contributed by atoms with Gasteiger partial charge in [-0.3, -0.25) is 0 Å². The summed E-state index contributed by atoms with van der Waals surface area (Å²) in [7, 11) is 0. The summed E-state index contributed by atoms with van der Waals surface area (Å²) in [5.74, 6) is 0.883. The van der Waals surface area contributed by atoms with Crippen LogP contribution in [0.25, 0.3) is 11.4 Å². The summed E-state index contributed by atoms with van der Waals surface area (Å²) in [5.41, 5.74) is 1.01. The fourth-order valence-corrected chi connectivity index (χ4v) is 2.00. The highest BCUT2D eigenvalue weighted by atomic mass is 35.5. The van der Waals surface area contributed by atoms with Crippen molar-refractivity contribution in [2.45, 2.75) is 6.04 Å². The van der Waals surface area contributed by atoms with Crippen LogP contribution in [0.2, 0.25) is 5.02 Å². The zero-order valence-electron chi connectivity index (χ0n) is 8.60. The number of hydrogen-bond donors (Lipinski definition) is 1. The van der Waals surface area contributed by atoms with Crippen molar-refractivity contribution in [1.82, 2.24) is 20.1 Å². The molecule has 0 unspecified atom stereocenters. The number of nitrogens with zero attached hydrogens (tertiary/aromatic N) is 3. The van der Waals surface area contributed by atoms with E-state index in [1.54, 1.807) is 6.33 Å². The van der Waals surface area contributed by atoms with Crippen molar-refractivity contribution >= 4 is 11.6 Å². The van der Waals surface area contributed by atoms with E-state index in [9.17, 15) is 0 Å². The molecule has 2 aromatic rings. The summed E-state index contributed by atoms with van der Waals surface area (Å²) < 4.78 is 2.10. The van der Waals surface area contributed by atoms with E-state index in [4.69, 9.17) is 11.6 Å². The molecule has 0 radical (unpaired) electrons. The molecule has 0 amide bonds. The van der Waals surface area contributed by atoms with Crippen molar-refractivity contribution in [2.24, 2.45) is 0 Å². The molecule has 2 heterocycles. The van der Waals surface area contributed by atoms with Gasteiger partial charge in [0, 0.05) is 23.7 Å². The van der Waals surface area contributed by atoms with Crippen LogP contribution in [0.3, 0.4) is 0 Å². The molecule has 0 saturated carbocycles. The third-order valence-corrected chi connectivity index (χ3v) is 3.04. The highest BCUT2D eigenvalue weighted by Gasteiger charge is 2.22. The van der Waals surface area contributed by atoms with Gasteiger partial charge < -0.3 is 9.88 Å². The predicted octanol–water partition coefficient (Wildman–Crippen LogP) is 1.74. The van der Waals surface area contributed by atoms with Crippen LogP contribution in [-0.2, 0) is 0 Å². The Kier molecular flexibility index (Phi) is 2.38. The Morgan fingerprint density at radius 3 is 2.94 bits per heavy atom. The lowest BCUT2D eigenvalue weighted by atomic mass is 10.1. The number of hydrogen-bond acceptors (Lipinski definition) is 3. The quantitative estimate of drug-likeness (QED) is 0.861. The molecule has 5 heteroatoms. The smallest absolute Gasteiger partial charge is 0.164 e. The zero-order chi connectivity index (χ0) is 11.0. The van der Waals surface area contributed by atoms with E-state index in [-0.39, 0.29) is 0 Å². The van der Waals surface area contributed by atoms with Crippen LogP contribution in [-0.4, -0.2) is 27.9 Å². The van der Waals surface area contributed by atoms with Crippen molar-refractivity contribution in [2.75, 3.05) is 13.1 Å².